The molecule has 138 valence electrons. The maximum atomic E-state index is 9.31. The second kappa shape index (κ2) is 7.93. The molecule has 0 amide bonds. The molecule has 4 aromatic rings. The Morgan fingerprint density at radius 2 is 1.71 bits per heavy atom. The van der Waals surface area contributed by atoms with Crippen molar-refractivity contribution in [1.82, 2.24) is 9.88 Å². The van der Waals surface area contributed by atoms with Crippen LogP contribution in [0.2, 0.25) is 0 Å². The lowest BCUT2D eigenvalue weighted by atomic mass is 9.99. The van der Waals surface area contributed by atoms with E-state index in [1.54, 1.807) is 11.3 Å². The third-order valence-corrected chi connectivity index (χ3v) is 6.28. The van der Waals surface area contributed by atoms with Crippen LogP contribution in [0.25, 0.3) is 21.3 Å². The molecule has 4 heteroatoms. The lowest BCUT2D eigenvalue weighted by Gasteiger charge is -2.23. The molecule has 0 aliphatic carbocycles. The molecule has 1 heterocycles. The quantitative estimate of drug-likeness (QED) is 0.422. The van der Waals surface area contributed by atoms with Crippen molar-refractivity contribution in [3.8, 4) is 17.2 Å². The highest BCUT2D eigenvalue weighted by molar-refractivity contribution is 7.18. The molecule has 1 atom stereocenters. The van der Waals surface area contributed by atoms with Crippen LogP contribution >= 0.6 is 11.3 Å². The van der Waals surface area contributed by atoms with Crippen molar-refractivity contribution < 1.29 is 0 Å². The van der Waals surface area contributed by atoms with Gasteiger partial charge in [-0.2, -0.15) is 5.26 Å². The summed E-state index contributed by atoms with van der Waals surface area (Å²) in [5.41, 5.74) is 5.07. The summed E-state index contributed by atoms with van der Waals surface area (Å²) in [6.07, 6.45) is 0. The molecule has 3 aromatic carbocycles. The van der Waals surface area contributed by atoms with E-state index in [9.17, 15) is 5.26 Å². The van der Waals surface area contributed by atoms with E-state index in [1.807, 2.05) is 30.3 Å². The number of rotatable bonds is 5. The van der Waals surface area contributed by atoms with Crippen molar-refractivity contribution in [2.75, 3.05) is 7.05 Å². The largest absolute Gasteiger partial charge is 0.293 e. The van der Waals surface area contributed by atoms with E-state index < -0.39 is 0 Å². The molecule has 0 saturated heterocycles. The van der Waals surface area contributed by atoms with Gasteiger partial charge in [-0.15, -0.1) is 11.3 Å². The Bertz CT molecular complexity index is 1110. The van der Waals surface area contributed by atoms with Crippen molar-refractivity contribution in [1.29, 1.82) is 5.26 Å². The van der Waals surface area contributed by atoms with Crippen LogP contribution in [0.15, 0.2) is 72.8 Å². The van der Waals surface area contributed by atoms with Gasteiger partial charge >= 0.3 is 0 Å². The Balaban J connectivity index is 1.50. The highest BCUT2D eigenvalue weighted by atomic mass is 32.1. The van der Waals surface area contributed by atoms with Gasteiger partial charge in [-0.25, -0.2) is 4.98 Å². The number of fused-ring (bicyclic) bond motifs is 1. The first-order valence-electron chi connectivity index (χ1n) is 9.30. The van der Waals surface area contributed by atoms with Gasteiger partial charge in [0.2, 0.25) is 0 Å². The van der Waals surface area contributed by atoms with Gasteiger partial charge in [0.05, 0.1) is 27.9 Å². The maximum Gasteiger partial charge on any atom is 0.111 e. The van der Waals surface area contributed by atoms with Crippen molar-refractivity contribution in [2.24, 2.45) is 0 Å². The van der Waals surface area contributed by atoms with Crippen molar-refractivity contribution in [3.63, 3.8) is 0 Å². The van der Waals surface area contributed by atoms with Crippen LogP contribution in [0, 0.1) is 11.3 Å². The second-order valence-corrected chi connectivity index (χ2v) is 8.03. The Kier molecular flexibility index (Phi) is 5.21. The number of nitrogens with zero attached hydrogens (tertiary/aromatic N) is 3. The third kappa shape index (κ3) is 3.68. The fourth-order valence-electron chi connectivity index (χ4n) is 3.30. The Labute approximate surface area is 169 Å². The molecular formula is C24H21N3S. The first-order chi connectivity index (χ1) is 13.7. The van der Waals surface area contributed by atoms with Gasteiger partial charge in [0.15, 0.2) is 0 Å². The van der Waals surface area contributed by atoms with E-state index in [0.717, 1.165) is 28.2 Å². The molecule has 0 N–H and O–H groups in total. The minimum atomic E-state index is 0.247. The lowest BCUT2D eigenvalue weighted by molar-refractivity contribution is 0.253. The molecule has 28 heavy (non-hydrogen) atoms. The standard InChI is InChI=1S/C24H21N3S/c1-17(24-26-22-9-5-6-10-23(22)28-24)27(2)16-18-11-13-19(14-12-18)21-8-4-3-7-20(21)15-25/h3-14,17H,16H2,1-2H3. The zero-order valence-electron chi connectivity index (χ0n) is 16.0. The zero-order valence-corrected chi connectivity index (χ0v) is 16.8. The van der Waals surface area contributed by atoms with Gasteiger partial charge < -0.3 is 0 Å². The summed E-state index contributed by atoms with van der Waals surface area (Å²) in [5, 5.41) is 10.5. The fraction of sp³-hybridized carbons (Fsp3) is 0.167. The number of para-hydroxylation sites is 1. The summed E-state index contributed by atoms with van der Waals surface area (Å²) < 4.78 is 1.23. The number of aromatic nitrogens is 1. The van der Waals surface area contributed by atoms with E-state index in [-0.39, 0.29) is 6.04 Å². The summed E-state index contributed by atoms with van der Waals surface area (Å²) in [7, 11) is 2.13. The summed E-state index contributed by atoms with van der Waals surface area (Å²) in [6, 6.07) is 27.0. The monoisotopic (exact) mass is 383 g/mol. The summed E-state index contributed by atoms with van der Waals surface area (Å²) in [4.78, 5) is 7.11. The number of thiazole rings is 1. The second-order valence-electron chi connectivity index (χ2n) is 6.97. The highest BCUT2D eigenvalue weighted by Gasteiger charge is 2.16. The van der Waals surface area contributed by atoms with E-state index in [2.05, 4.69) is 67.4 Å². The Hall–Kier alpha value is -3.00. The van der Waals surface area contributed by atoms with Gasteiger partial charge in [0, 0.05) is 6.54 Å². The minimum absolute atomic E-state index is 0.247. The Morgan fingerprint density at radius 1 is 1.00 bits per heavy atom. The number of benzene rings is 3. The number of hydrogen-bond donors (Lipinski definition) is 0. The summed E-state index contributed by atoms with van der Waals surface area (Å²) in [5.74, 6) is 0. The van der Waals surface area contributed by atoms with E-state index in [1.165, 1.54) is 10.3 Å². The molecule has 0 aliphatic rings. The summed E-state index contributed by atoms with van der Waals surface area (Å²) in [6.45, 7) is 3.05. The molecule has 0 saturated carbocycles. The average molecular weight is 384 g/mol. The third-order valence-electron chi connectivity index (χ3n) is 5.07. The average Bonchev–Trinajstić information content (AvgIpc) is 3.18. The highest BCUT2D eigenvalue weighted by Crippen LogP contribution is 2.30. The molecule has 0 aliphatic heterocycles. The van der Waals surface area contributed by atoms with Gasteiger partial charge in [-0.3, -0.25) is 4.90 Å². The molecule has 1 aromatic heterocycles. The molecule has 0 bridgehead atoms. The topological polar surface area (TPSA) is 39.9 Å². The van der Waals surface area contributed by atoms with Gasteiger partial charge in [0.25, 0.3) is 0 Å². The molecule has 1 unspecified atom stereocenters. The zero-order chi connectivity index (χ0) is 19.5. The van der Waals surface area contributed by atoms with Gasteiger partial charge in [-0.1, -0.05) is 54.6 Å². The van der Waals surface area contributed by atoms with Crippen molar-refractivity contribution in [2.45, 2.75) is 19.5 Å². The molecule has 0 radical (unpaired) electrons. The number of nitriles is 1. The van der Waals surface area contributed by atoms with Crippen LogP contribution in [0.1, 0.15) is 29.1 Å². The predicted octanol–water partition coefficient (Wildman–Crippen LogP) is 6.03. The van der Waals surface area contributed by atoms with Gasteiger partial charge in [0.1, 0.15) is 5.01 Å². The molecular weight excluding hydrogens is 362 g/mol. The predicted molar refractivity (Wildman–Crippen MR) is 116 cm³/mol. The minimum Gasteiger partial charge on any atom is -0.293 e. The lowest BCUT2D eigenvalue weighted by Crippen LogP contribution is -2.21. The molecule has 4 rings (SSSR count). The first kappa shape index (κ1) is 18.4. The normalized spacial score (nSPS) is 12.2. The van der Waals surface area contributed by atoms with Crippen LogP contribution < -0.4 is 0 Å². The van der Waals surface area contributed by atoms with Crippen LogP contribution in [0.4, 0.5) is 0 Å². The van der Waals surface area contributed by atoms with Crippen LogP contribution in [-0.2, 0) is 6.54 Å². The molecule has 3 nitrogen and oxygen atoms in total. The number of hydrogen-bond acceptors (Lipinski definition) is 4. The van der Waals surface area contributed by atoms with E-state index >= 15 is 0 Å². The van der Waals surface area contributed by atoms with Crippen LogP contribution in [0.3, 0.4) is 0 Å². The van der Waals surface area contributed by atoms with Crippen molar-refractivity contribution in [3.05, 3.63) is 88.9 Å². The van der Waals surface area contributed by atoms with Gasteiger partial charge in [-0.05, 0) is 48.9 Å². The first-order valence-corrected chi connectivity index (χ1v) is 10.1. The van der Waals surface area contributed by atoms with Crippen LogP contribution in [0.5, 0.6) is 0 Å². The fourth-order valence-corrected chi connectivity index (χ4v) is 4.39. The smallest absolute Gasteiger partial charge is 0.111 e. The van der Waals surface area contributed by atoms with E-state index in [0.29, 0.717) is 5.56 Å². The van der Waals surface area contributed by atoms with Crippen molar-refractivity contribution >= 4 is 21.6 Å². The molecule has 0 fully saturated rings. The van der Waals surface area contributed by atoms with E-state index in [4.69, 9.17) is 4.98 Å². The molecule has 0 spiro atoms. The van der Waals surface area contributed by atoms with Crippen LogP contribution in [-0.4, -0.2) is 16.9 Å². The summed E-state index contributed by atoms with van der Waals surface area (Å²) >= 11 is 1.76. The maximum absolute atomic E-state index is 9.31. The Morgan fingerprint density at radius 3 is 2.46 bits per heavy atom. The SMILES string of the molecule is CC(c1nc2ccccc2s1)N(C)Cc1ccc(-c2ccccc2C#N)cc1.